The van der Waals surface area contributed by atoms with Gasteiger partial charge in [0.25, 0.3) is 0 Å². The molecule has 0 aliphatic carbocycles. The zero-order chi connectivity index (χ0) is 21.0. The number of hydrogen-bond acceptors (Lipinski definition) is 7. The molecule has 2 fully saturated rings. The Morgan fingerprint density at radius 1 is 1.17 bits per heavy atom. The monoisotopic (exact) mass is 470 g/mol. The summed E-state index contributed by atoms with van der Waals surface area (Å²) in [5.74, 6) is -3.45. The van der Waals surface area contributed by atoms with Crippen molar-refractivity contribution in [2.45, 2.75) is 18.8 Å². The van der Waals surface area contributed by atoms with Crippen LogP contribution in [0, 0.1) is 62.0 Å². The predicted octanol–water partition coefficient (Wildman–Crippen LogP) is 4.76. The second kappa shape index (κ2) is 6.37. The molecule has 4 atom stereocenters. The number of ether oxygens (including phenoxy) is 2. The average Bonchev–Trinajstić information content (AvgIpc) is 3.21. The Morgan fingerprint density at radius 2 is 1.83 bits per heavy atom. The van der Waals surface area contributed by atoms with Gasteiger partial charge in [-0.15, -0.1) is 11.3 Å². The molecular weight excluding hydrogens is 459 g/mol. The van der Waals surface area contributed by atoms with Crippen molar-refractivity contribution >= 4 is 33.2 Å². The number of fused-ring (bicyclic) bond motifs is 2. The first-order chi connectivity index (χ1) is 13.8. The third-order valence-corrected chi connectivity index (χ3v) is 7.50. The van der Waals surface area contributed by atoms with E-state index >= 15 is 0 Å². The number of hydrogen-bond donors (Lipinski definition) is 1. The molecule has 6 nitrogen and oxygen atoms in total. The Labute approximate surface area is 178 Å². The van der Waals surface area contributed by atoms with Crippen LogP contribution in [-0.2, 0) is 15.3 Å². The first-order valence-electron chi connectivity index (χ1n) is 8.51. The molecule has 2 aliphatic rings. The van der Waals surface area contributed by atoms with Gasteiger partial charge in [-0.25, -0.2) is 4.39 Å². The maximum Gasteiger partial charge on any atom is 0.244 e. The van der Waals surface area contributed by atoms with Gasteiger partial charge in [0.1, 0.15) is 11.9 Å². The van der Waals surface area contributed by atoms with Crippen LogP contribution >= 0.6 is 27.3 Å². The van der Waals surface area contributed by atoms with E-state index in [1.54, 1.807) is 18.4 Å². The number of nitrogens with one attached hydrogen (secondary N) is 1. The van der Waals surface area contributed by atoms with E-state index in [1.165, 1.54) is 35.6 Å². The molecule has 144 valence electrons. The van der Waals surface area contributed by atoms with Crippen molar-refractivity contribution in [2.75, 3.05) is 0 Å². The largest absolute Gasteiger partial charge is 0.443 e. The van der Waals surface area contributed by atoms with Gasteiger partial charge in [0.2, 0.25) is 17.1 Å². The zero-order valence-electron chi connectivity index (χ0n) is 14.9. The SMILES string of the molecule is CC1C2(c3ccc(F)cc3)OC(=N)C1(C#N)C(C#N)(C#N)C(c1cc(Br)cs1)O2. The lowest BCUT2D eigenvalue weighted by Crippen LogP contribution is -2.57. The molecule has 1 N–H and O–H groups in total. The fraction of sp³-hybridized carbons (Fsp3) is 0.300. The summed E-state index contributed by atoms with van der Waals surface area (Å²) in [5, 5.41) is 40.7. The first kappa shape index (κ1) is 19.5. The third kappa shape index (κ3) is 2.22. The predicted molar refractivity (Wildman–Crippen MR) is 104 cm³/mol. The first-order valence-corrected chi connectivity index (χ1v) is 10.2. The van der Waals surface area contributed by atoms with Gasteiger partial charge in [0.15, 0.2) is 5.41 Å². The van der Waals surface area contributed by atoms with Crippen molar-refractivity contribution in [3.05, 3.63) is 56.4 Å². The molecule has 0 amide bonds. The second-order valence-electron chi connectivity index (χ2n) is 6.94. The molecular formula is C20H12BrFN4O2S. The highest BCUT2D eigenvalue weighted by molar-refractivity contribution is 9.10. The van der Waals surface area contributed by atoms with Crippen molar-refractivity contribution in [3.8, 4) is 18.2 Å². The van der Waals surface area contributed by atoms with E-state index in [9.17, 15) is 20.2 Å². The Bertz CT molecular complexity index is 1130. The van der Waals surface area contributed by atoms with E-state index in [0.717, 1.165) is 4.47 Å². The topological polar surface area (TPSA) is 114 Å². The van der Waals surface area contributed by atoms with Gasteiger partial charge < -0.3 is 9.47 Å². The van der Waals surface area contributed by atoms with Crippen molar-refractivity contribution in [2.24, 2.45) is 16.7 Å². The summed E-state index contributed by atoms with van der Waals surface area (Å²) in [4.78, 5) is 0.538. The summed E-state index contributed by atoms with van der Waals surface area (Å²) < 4.78 is 26.4. The summed E-state index contributed by atoms with van der Waals surface area (Å²) in [6.45, 7) is 1.61. The van der Waals surface area contributed by atoms with Crippen LogP contribution in [0.15, 0.2) is 40.2 Å². The second-order valence-corrected chi connectivity index (χ2v) is 8.80. The van der Waals surface area contributed by atoms with Gasteiger partial charge in [-0.05, 0) is 46.3 Å². The molecule has 29 heavy (non-hydrogen) atoms. The van der Waals surface area contributed by atoms with Gasteiger partial charge in [0, 0.05) is 20.3 Å². The Kier molecular flexibility index (Phi) is 4.29. The number of thiophene rings is 1. The van der Waals surface area contributed by atoms with Crippen LogP contribution in [0.5, 0.6) is 0 Å². The molecule has 0 saturated carbocycles. The van der Waals surface area contributed by atoms with Crippen LogP contribution in [0.1, 0.15) is 23.5 Å². The lowest BCUT2D eigenvalue weighted by atomic mass is 9.54. The summed E-state index contributed by atoms with van der Waals surface area (Å²) in [5.41, 5.74) is -3.48. The van der Waals surface area contributed by atoms with Crippen LogP contribution < -0.4 is 0 Å². The molecule has 2 aromatic rings. The van der Waals surface area contributed by atoms with Gasteiger partial charge in [-0.1, -0.05) is 6.92 Å². The van der Waals surface area contributed by atoms with Gasteiger partial charge >= 0.3 is 0 Å². The number of rotatable bonds is 2. The molecule has 4 unspecified atom stereocenters. The smallest absolute Gasteiger partial charge is 0.244 e. The van der Waals surface area contributed by atoms with Gasteiger partial charge in [-0.2, -0.15) is 15.8 Å². The fourth-order valence-electron chi connectivity index (χ4n) is 4.27. The minimum atomic E-state index is -2.01. The molecule has 0 radical (unpaired) electrons. The highest BCUT2D eigenvalue weighted by Crippen LogP contribution is 2.69. The van der Waals surface area contributed by atoms with E-state index in [-0.39, 0.29) is 0 Å². The minimum absolute atomic E-state index is 0.401. The highest BCUT2D eigenvalue weighted by atomic mass is 79.9. The number of nitriles is 3. The van der Waals surface area contributed by atoms with E-state index in [1.807, 2.05) is 12.1 Å². The number of nitrogens with zero attached hydrogens (tertiary/aromatic N) is 3. The maximum atomic E-state index is 13.5. The Hall–Kier alpha value is -2.77. The molecule has 2 aliphatic heterocycles. The molecule has 1 aromatic carbocycles. The lowest BCUT2D eigenvalue weighted by Gasteiger charge is -2.48. The van der Waals surface area contributed by atoms with Crippen LogP contribution in [-0.4, -0.2) is 5.90 Å². The van der Waals surface area contributed by atoms with Crippen molar-refractivity contribution in [1.82, 2.24) is 0 Å². The maximum absolute atomic E-state index is 13.5. The molecule has 2 saturated heterocycles. The molecule has 4 rings (SSSR count). The minimum Gasteiger partial charge on any atom is -0.443 e. The van der Waals surface area contributed by atoms with Gasteiger partial charge in [0.05, 0.1) is 24.1 Å². The van der Waals surface area contributed by atoms with Crippen molar-refractivity contribution in [1.29, 1.82) is 21.2 Å². The van der Waals surface area contributed by atoms with Crippen LogP contribution in [0.3, 0.4) is 0 Å². The zero-order valence-corrected chi connectivity index (χ0v) is 17.3. The van der Waals surface area contributed by atoms with Gasteiger partial charge in [-0.3, -0.25) is 5.41 Å². The standard InChI is InChI=1S/C20H12BrFN4O2S/c1-11-19(10-25)17(26)28-20(11,12-2-4-14(22)5-3-12)27-16(18(19,8-23)9-24)15-6-13(21)7-29-15/h2-7,11,16,26H,1H3. The van der Waals surface area contributed by atoms with Crippen LogP contribution in [0.25, 0.3) is 0 Å². The average molecular weight is 471 g/mol. The number of benzene rings is 1. The number of halogens is 2. The van der Waals surface area contributed by atoms with E-state index in [4.69, 9.17) is 14.9 Å². The van der Waals surface area contributed by atoms with Crippen LogP contribution in [0.4, 0.5) is 4.39 Å². The van der Waals surface area contributed by atoms with Crippen molar-refractivity contribution in [3.63, 3.8) is 0 Å². The van der Waals surface area contributed by atoms with Crippen LogP contribution in [0.2, 0.25) is 0 Å². The summed E-state index contributed by atoms with van der Waals surface area (Å²) in [6, 6.07) is 13.1. The fourth-order valence-corrected chi connectivity index (χ4v) is 5.81. The molecule has 0 spiro atoms. The normalized spacial score (nSPS) is 31.9. The summed E-state index contributed by atoms with van der Waals surface area (Å²) >= 11 is 4.61. The summed E-state index contributed by atoms with van der Waals surface area (Å²) in [7, 11) is 0. The molecule has 2 bridgehead atoms. The summed E-state index contributed by atoms with van der Waals surface area (Å²) in [6.07, 6.45) is -1.16. The van der Waals surface area contributed by atoms with Crippen molar-refractivity contribution < 1.29 is 13.9 Å². The van der Waals surface area contributed by atoms with E-state index in [2.05, 4.69) is 22.0 Å². The van der Waals surface area contributed by atoms with E-state index < -0.39 is 40.4 Å². The quantitative estimate of drug-likeness (QED) is 0.679. The Morgan fingerprint density at radius 3 is 2.34 bits per heavy atom. The molecule has 9 heteroatoms. The highest BCUT2D eigenvalue weighted by Gasteiger charge is 2.79. The molecule has 1 aromatic heterocycles. The van der Waals surface area contributed by atoms with E-state index in [0.29, 0.717) is 10.4 Å². The third-order valence-electron chi connectivity index (χ3n) is 5.76. The lowest BCUT2D eigenvalue weighted by molar-refractivity contribution is -0.287. The molecule has 3 heterocycles. The Balaban J connectivity index is 2.03.